The van der Waals surface area contributed by atoms with E-state index in [-0.39, 0.29) is 18.9 Å². The smallest absolute Gasteiger partial charge is 0.231 e. The molecular formula is C27H27N5O2. The molecule has 2 aliphatic heterocycles. The summed E-state index contributed by atoms with van der Waals surface area (Å²) in [6.07, 6.45) is 3.60. The summed E-state index contributed by atoms with van der Waals surface area (Å²) in [6.45, 7) is 2.27. The Balaban J connectivity index is 1.49. The first kappa shape index (κ1) is 20.9. The molecule has 0 bridgehead atoms. The van der Waals surface area contributed by atoms with Gasteiger partial charge in [-0.15, -0.1) is 5.10 Å². The number of piperidine rings is 1. The Hall–Kier alpha value is -3.71. The zero-order chi connectivity index (χ0) is 22.7. The second kappa shape index (κ2) is 9.27. The van der Waals surface area contributed by atoms with Crippen LogP contribution in [0.15, 0.2) is 78.9 Å². The molecule has 34 heavy (non-hydrogen) atoms. The molecular weight excluding hydrogens is 426 g/mol. The average Bonchev–Trinajstić information content (AvgIpc) is 3.56. The summed E-state index contributed by atoms with van der Waals surface area (Å²) in [7, 11) is 0. The third kappa shape index (κ3) is 3.92. The summed E-state index contributed by atoms with van der Waals surface area (Å²) in [6, 6.07) is 26.9. The quantitative estimate of drug-likeness (QED) is 0.425. The van der Waals surface area contributed by atoms with E-state index in [1.54, 1.807) is 0 Å². The van der Waals surface area contributed by atoms with Crippen molar-refractivity contribution in [2.75, 3.05) is 19.9 Å². The maximum Gasteiger partial charge on any atom is 0.231 e. The summed E-state index contributed by atoms with van der Waals surface area (Å²) in [5.41, 5.74) is 3.40. The van der Waals surface area contributed by atoms with Crippen LogP contribution in [-0.2, 0) is 0 Å². The summed E-state index contributed by atoms with van der Waals surface area (Å²) in [5.74, 6) is 2.40. The number of hydrogen-bond donors (Lipinski definition) is 0. The Bertz CT molecular complexity index is 1200. The summed E-state index contributed by atoms with van der Waals surface area (Å²) in [5, 5.41) is 13.4. The van der Waals surface area contributed by atoms with Gasteiger partial charge < -0.3 is 9.47 Å². The van der Waals surface area contributed by atoms with Gasteiger partial charge in [0.25, 0.3) is 0 Å². The molecule has 2 aliphatic rings. The third-order valence-electron chi connectivity index (χ3n) is 6.71. The van der Waals surface area contributed by atoms with Gasteiger partial charge in [0.1, 0.15) is 6.04 Å². The minimum Gasteiger partial charge on any atom is -0.454 e. The molecule has 0 saturated carbocycles. The van der Waals surface area contributed by atoms with Crippen molar-refractivity contribution in [3.05, 3.63) is 101 Å². The standard InChI is InChI=1S/C27H27N5O2/c1-4-10-20(11-5-1)25(21-12-6-2-7-13-21)32-27(28-29-30-32)26(31-16-8-3-9-17-31)22-14-15-23-24(18-22)34-19-33-23/h1-2,4-7,10-15,18,25-26H,3,8-9,16-17,19H2/t26-/m1/s1. The number of tetrazole rings is 1. The summed E-state index contributed by atoms with van der Waals surface area (Å²) in [4.78, 5) is 2.50. The van der Waals surface area contributed by atoms with Crippen molar-refractivity contribution in [3.63, 3.8) is 0 Å². The molecule has 0 amide bonds. The van der Waals surface area contributed by atoms with Gasteiger partial charge in [0, 0.05) is 0 Å². The Morgan fingerprint density at radius 3 is 2.06 bits per heavy atom. The highest BCUT2D eigenvalue weighted by Crippen LogP contribution is 2.39. The predicted molar refractivity (Wildman–Crippen MR) is 128 cm³/mol. The Kier molecular flexibility index (Phi) is 5.69. The van der Waals surface area contributed by atoms with Crippen molar-refractivity contribution in [2.45, 2.75) is 31.3 Å². The van der Waals surface area contributed by atoms with Crippen LogP contribution >= 0.6 is 0 Å². The fourth-order valence-electron chi connectivity index (χ4n) is 5.09. The topological polar surface area (TPSA) is 65.3 Å². The number of benzene rings is 3. The van der Waals surface area contributed by atoms with Crippen LogP contribution in [-0.4, -0.2) is 45.0 Å². The van der Waals surface area contributed by atoms with Crippen LogP contribution in [0.1, 0.15) is 53.9 Å². The lowest BCUT2D eigenvalue weighted by Crippen LogP contribution is -2.36. The monoisotopic (exact) mass is 453 g/mol. The number of rotatable bonds is 6. The lowest BCUT2D eigenvalue weighted by atomic mass is 9.96. The Labute approximate surface area is 198 Å². The van der Waals surface area contributed by atoms with Gasteiger partial charge in [-0.3, -0.25) is 4.90 Å². The van der Waals surface area contributed by atoms with E-state index in [0.29, 0.717) is 0 Å². The minimum atomic E-state index is -0.131. The summed E-state index contributed by atoms with van der Waals surface area (Å²) < 4.78 is 13.3. The first-order valence-electron chi connectivity index (χ1n) is 11.9. The highest BCUT2D eigenvalue weighted by molar-refractivity contribution is 5.46. The van der Waals surface area contributed by atoms with Gasteiger partial charge in [-0.2, -0.15) is 0 Å². The molecule has 0 spiro atoms. The molecule has 1 fully saturated rings. The second-order valence-corrected chi connectivity index (χ2v) is 8.82. The third-order valence-corrected chi connectivity index (χ3v) is 6.71. The lowest BCUT2D eigenvalue weighted by Gasteiger charge is -2.35. The number of ether oxygens (including phenoxy) is 2. The minimum absolute atomic E-state index is 0.0836. The molecule has 7 heteroatoms. The number of nitrogens with zero attached hydrogens (tertiary/aromatic N) is 5. The molecule has 3 aromatic carbocycles. The molecule has 0 radical (unpaired) electrons. The van der Waals surface area contributed by atoms with Crippen LogP contribution in [0.25, 0.3) is 0 Å². The van der Waals surface area contributed by atoms with Gasteiger partial charge in [-0.1, -0.05) is 73.2 Å². The molecule has 6 rings (SSSR count). The Morgan fingerprint density at radius 1 is 0.676 bits per heavy atom. The number of fused-ring (bicyclic) bond motifs is 1. The maximum atomic E-state index is 5.71. The molecule has 172 valence electrons. The zero-order valence-electron chi connectivity index (χ0n) is 19.0. The predicted octanol–water partition coefficient (Wildman–Crippen LogP) is 4.61. The van der Waals surface area contributed by atoms with Gasteiger partial charge >= 0.3 is 0 Å². The number of aromatic nitrogens is 4. The van der Waals surface area contributed by atoms with Gasteiger partial charge in [-0.05, 0) is 65.2 Å². The van der Waals surface area contributed by atoms with Crippen LogP contribution in [0.2, 0.25) is 0 Å². The van der Waals surface area contributed by atoms with Crippen molar-refractivity contribution >= 4 is 0 Å². The van der Waals surface area contributed by atoms with E-state index in [1.165, 1.54) is 19.3 Å². The van der Waals surface area contributed by atoms with Crippen molar-refractivity contribution in [1.82, 2.24) is 25.1 Å². The van der Waals surface area contributed by atoms with Crippen LogP contribution in [0, 0.1) is 0 Å². The molecule has 1 saturated heterocycles. The van der Waals surface area contributed by atoms with E-state index in [9.17, 15) is 0 Å². The molecule has 0 N–H and O–H groups in total. The molecule has 4 aromatic rings. The highest BCUT2D eigenvalue weighted by atomic mass is 16.7. The van der Waals surface area contributed by atoms with Gasteiger partial charge in [-0.25, -0.2) is 4.68 Å². The zero-order valence-corrected chi connectivity index (χ0v) is 19.0. The fourth-order valence-corrected chi connectivity index (χ4v) is 5.09. The van der Waals surface area contributed by atoms with Gasteiger partial charge in [0.15, 0.2) is 17.3 Å². The van der Waals surface area contributed by atoms with Crippen molar-refractivity contribution < 1.29 is 9.47 Å². The molecule has 1 aromatic heterocycles. The molecule has 0 unspecified atom stereocenters. The van der Waals surface area contributed by atoms with Crippen molar-refractivity contribution in [3.8, 4) is 11.5 Å². The molecule has 7 nitrogen and oxygen atoms in total. The number of likely N-dealkylation sites (tertiary alicyclic amines) is 1. The lowest BCUT2D eigenvalue weighted by molar-refractivity contribution is 0.172. The maximum absolute atomic E-state index is 5.71. The van der Waals surface area contributed by atoms with E-state index in [0.717, 1.165) is 47.1 Å². The van der Waals surface area contributed by atoms with E-state index >= 15 is 0 Å². The summed E-state index contributed by atoms with van der Waals surface area (Å²) >= 11 is 0. The normalized spacial score (nSPS) is 16.6. The van der Waals surface area contributed by atoms with Crippen LogP contribution in [0.5, 0.6) is 11.5 Å². The van der Waals surface area contributed by atoms with E-state index in [4.69, 9.17) is 9.47 Å². The average molecular weight is 454 g/mol. The van der Waals surface area contributed by atoms with Crippen molar-refractivity contribution in [1.29, 1.82) is 0 Å². The van der Waals surface area contributed by atoms with Gasteiger partial charge in [0.05, 0.1) is 6.04 Å². The van der Waals surface area contributed by atoms with E-state index in [1.807, 2.05) is 22.9 Å². The molecule has 0 aliphatic carbocycles. The Morgan fingerprint density at radius 2 is 1.35 bits per heavy atom. The first-order chi connectivity index (χ1) is 16.9. The largest absolute Gasteiger partial charge is 0.454 e. The highest BCUT2D eigenvalue weighted by Gasteiger charge is 2.33. The van der Waals surface area contributed by atoms with E-state index < -0.39 is 0 Å². The SMILES string of the molecule is c1ccc(C(c2ccccc2)n2nnnc2[C@@H](c2ccc3c(c2)OCO3)N2CCCCC2)cc1. The van der Waals surface area contributed by atoms with Crippen LogP contribution < -0.4 is 9.47 Å². The van der Waals surface area contributed by atoms with E-state index in [2.05, 4.69) is 81.1 Å². The van der Waals surface area contributed by atoms with Crippen molar-refractivity contribution in [2.24, 2.45) is 0 Å². The number of hydrogen-bond acceptors (Lipinski definition) is 6. The fraction of sp³-hybridized carbons (Fsp3) is 0.296. The first-order valence-corrected chi connectivity index (χ1v) is 11.9. The second-order valence-electron chi connectivity index (χ2n) is 8.82. The molecule has 3 heterocycles. The van der Waals surface area contributed by atoms with Crippen LogP contribution in [0.3, 0.4) is 0 Å². The van der Waals surface area contributed by atoms with Crippen LogP contribution in [0.4, 0.5) is 0 Å². The van der Waals surface area contributed by atoms with Gasteiger partial charge in [0.2, 0.25) is 6.79 Å². The molecule has 1 atom stereocenters.